The highest BCUT2D eigenvalue weighted by Crippen LogP contribution is 2.22. The molecule has 3 heteroatoms. The lowest BCUT2D eigenvalue weighted by molar-refractivity contribution is 0.481. The van der Waals surface area contributed by atoms with E-state index in [-0.39, 0.29) is 0 Å². The molecule has 2 aromatic rings. The van der Waals surface area contributed by atoms with Gasteiger partial charge in [-0.15, -0.1) is 0 Å². The van der Waals surface area contributed by atoms with Gasteiger partial charge in [-0.25, -0.2) is 0 Å². The van der Waals surface area contributed by atoms with Crippen molar-refractivity contribution in [3.8, 4) is 11.5 Å². The van der Waals surface area contributed by atoms with E-state index in [0.717, 1.165) is 22.9 Å². The smallest absolute Gasteiger partial charge is 0.130 e. The Morgan fingerprint density at radius 3 is 2.44 bits per heavy atom. The molecule has 82 valence electrons. The van der Waals surface area contributed by atoms with Crippen molar-refractivity contribution < 1.29 is 4.74 Å². The zero-order chi connectivity index (χ0) is 11.4. The Hall–Kier alpha value is -2.03. The van der Waals surface area contributed by atoms with Crippen LogP contribution in [0.15, 0.2) is 42.6 Å². The summed E-state index contributed by atoms with van der Waals surface area (Å²) >= 11 is 0. The Morgan fingerprint density at radius 2 is 1.81 bits per heavy atom. The van der Waals surface area contributed by atoms with Gasteiger partial charge >= 0.3 is 0 Å². The van der Waals surface area contributed by atoms with Gasteiger partial charge in [-0.1, -0.05) is 0 Å². The maximum absolute atomic E-state index is 5.69. The van der Waals surface area contributed by atoms with Crippen molar-refractivity contribution in [1.82, 2.24) is 4.98 Å². The maximum atomic E-state index is 5.69. The monoisotopic (exact) mass is 214 g/mol. The number of anilines is 1. The van der Waals surface area contributed by atoms with Gasteiger partial charge < -0.3 is 10.1 Å². The van der Waals surface area contributed by atoms with E-state index < -0.39 is 0 Å². The first kappa shape index (κ1) is 10.5. The molecule has 0 bridgehead atoms. The average Bonchev–Trinajstić information content (AvgIpc) is 2.30. The molecule has 1 N–H and O–H groups in total. The third-order valence-corrected chi connectivity index (χ3v) is 2.25. The first-order valence-electron chi connectivity index (χ1n) is 5.16. The fourth-order valence-electron chi connectivity index (χ4n) is 1.41. The summed E-state index contributed by atoms with van der Waals surface area (Å²) in [6.07, 6.45) is 1.74. The molecule has 3 nitrogen and oxygen atoms in total. The first-order chi connectivity index (χ1) is 7.78. The van der Waals surface area contributed by atoms with Crippen molar-refractivity contribution in [2.75, 3.05) is 12.4 Å². The minimum Gasteiger partial charge on any atom is -0.457 e. The van der Waals surface area contributed by atoms with Crippen LogP contribution in [0.5, 0.6) is 11.5 Å². The zero-order valence-electron chi connectivity index (χ0n) is 9.40. The Bertz CT molecular complexity index is 466. The van der Waals surface area contributed by atoms with E-state index in [1.165, 1.54) is 0 Å². The Morgan fingerprint density at radius 1 is 1.06 bits per heavy atom. The van der Waals surface area contributed by atoms with Gasteiger partial charge in [-0.2, -0.15) is 0 Å². The van der Waals surface area contributed by atoms with Crippen molar-refractivity contribution in [2.45, 2.75) is 6.92 Å². The summed E-state index contributed by atoms with van der Waals surface area (Å²) in [5.41, 5.74) is 2.02. The third kappa shape index (κ3) is 2.51. The molecule has 0 saturated heterocycles. The second-order valence-electron chi connectivity index (χ2n) is 3.51. The molecule has 1 aromatic heterocycles. The van der Waals surface area contributed by atoms with Crippen LogP contribution in [0, 0.1) is 6.92 Å². The predicted octanol–water partition coefficient (Wildman–Crippen LogP) is 3.22. The fraction of sp³-hybridized carbons (Fsp3) is 0.154. The van der Waals surface area contributed by atoms with Gasteiger partial charge in [0.1, 0.15) is 11.5 Å². The minimum atomic E-state index is 0.810. The van der Waals surface area contributed by atoms with E-state index in [9.17, 15) is 0 Å². The van der Waals surface area contributed by atoms with E-state index in [1.54, 1.807) is 6.20 Å². The SMILES string of the molecule is CNc1ccc(Oc2ccnc(C)c2)cc1. The molecule has 0 amide bonds. The Labute approximate surface area is 95.1 Å². The predicted molar refractivity (Wildman–Crippen MR) is 65.0 cm³/mol. The van der Waals surface area contributed by atoms with E-state index in [0.29, 0.717) is 0 Å². The highest BCUT2D eigenvalue weighted by Gasteiger charge is 1.97. The average molecular weight is 214 g/mol. The highest BCUT2D eigenvalue weighted by molar-refractivity contribution is 5.46. The summed E-state index contributed by atoms with van der Waals surface area (Å²) < 4.78 is 5.69. The van der Waals surface area contributed by atoms with Crippen molar-refractivity contribution in [3.63, 3.8) is 0 Å². The summed E-state index contributed by atoms with van der Waals surface area (Å²) in [5, 5.41) is 3.06. The molecule has 0 spiro atoms. The number of hydrogen-bond donors (Lipinski definition) is 1. The number of aromatic nitrogens is 1. The van der Waals surface area contributed by atoms with Crippen LogP contribution in [-0.2, 0) is 0 Å². The number of ether oxygens (including phenoxy) is 1. The molecule has 0 aliphatic carbocycles. The molecule has 0 fully saturated rings. The number of benzene rings is 1. The van der Waals surface area contributed by atoms with Gasteiger partial charge in [0.05, 0.1) is 0 Å². The molecule has 16 heavy (non-hydrogen) atoms. The summed E-state index contributed by atoms with van der Waals surface area (Å²) in [6, 6.07) is 11.6. The zero-order valence-corrected chi connectivity index (χ0v) is 9.40. The summed E-state index contributed by atoms with van der Waals surface area (Å²) in [5.74, 6) is 1.63. The standard InChI is InChI=1S/C13H14N2O/c1-10-9-13(7-8-15-10)16-12-5-3-11(14-2)4-6-12/h3-9,14H,1-2H3. The third-order valence-electron chi connectivity index (χ3n) is 2.25. The second kappa shape index (κ2) is 4.66. The normalized spacial score (nSPS) is 9.88. The molecule has 2 rings (SSSR count). The summed E-state index contributed by atoms with van der Waals surface area (Å²) in [7, 11) is 1.89. The van der Waals surface area contributed by atoms with Crippen molar-refractivity contribution in [3.05, 3.63) is 48.3 Å². The van der Waals surface area contributed by atoms with Crippen LogP contribution in [0.25, 0.3) is 0 Å². The number of aryl methyl sites for hydroxylation is 1. The highest BCUT2D eigenvalue weighted by atomic mass is 16.5. The Kier molecular flexibility index (Phi) is 3.05. The second-order valence-corrected chi connectivity index (χ2v) is 3.51. The van der Waals surface area contributed by atoms with E-state index in [2.05, 4.69) is 10.3 Å². The van der Waals surface area contributed by atoms with Crippen LogP contribution in [-0.4, -0.2) is 12.0 Å². The number of hydrogen-bond acceptors (Lipinski definition) is 3. The van der Waals surface area contributed by atoms with Crippen molar-refractivity contribution in [2.24, 2.45) is 0 Å². The van der Waals surface area contributed by atoms with E-state index >= 15 is 0 Å². The fourth-order valence-corrected chi connectivity index (χ4v) is 1.41. The number of nitrogens with zero attached hydrogens (tertiary/aromatic N) is 1. The maximum Gasteiger partial charge on any atom is 0.130 e. The van der Waals surface area contributed by atoms with Crippen LogP contribution in [0.3, 0.4) is 0 Å². The molecule has 1 aromatic carbocycles. The molecule has 0 aliphatic heterocycles. The molecular weight excluding hydrogens is 200 g/mol. The molecule has 0 aliphatic rings. The first-order valence-corrected chi connectivity index (χ1v) is 5.16. The van der Waals surface area contributed by atoms with Gasteiger partial charge in [0.2, 0.25) is 0 Å². The quantitative estimate of drug-likeness (QED) is 0.851. The van der Waals surface area contributed by atoms with E-state index in [4.69, 9.17) is 4.74 Å². The van der Waals surface area contributed by atoms with Gasteiger partial charge in [-0.3, -0.25) is 4.98 Å². The molecule has 0 radical (unpaired) electrons. The van der Waals surface area contributed by atoms with Crippen molar-refractivity contribution >= 4 is 5.69 Å². The molecular formula is C13H14N2O. The molecule has 0 atom stereocenters. The van der Waals surface area contributed by atoms with Gasteiger partial charge in [0.25, 0.3) is 0 Å². The van der Waals surface area contributed by atoms with Crippen LogP contribution in [0.4, 0.5) is 5.69 Å². The van der Waals surface area contributed by atoms with Gasteiger partial charge in [0.15, 0.2) is 0 Å². The van der Waals surface area contributed by atoms with E-state index in [1.807, 2.05) is 50.4 Å². The lowest BCUT2D eigenvalue weighted by Crippen LogP contribution is -1.89. The molecule has 0 unspecified atom stereocenters. The van der Waals surface area contributed by atoms with Crippen LogP contribution >= 0.6 is 0 Å². The van der Waals surface area contributed by atoms with Gasteiger partial charge in [-0.05, 0) is 37.3 Å². The molecule has 0 saturated carbocycles. The number of pyridine rings is 1. The number of rotatable bonds is 3. The summed E-state index contributed by atoms with van der Waals surface area (Å²) in [4.78, 5) is 4.12. The minimum absolute atomic E-state index is 0.810. The molecule has 1 heterocycles. The van der Waals surface area contributed by atoms with Crippen molar-refractivity contribution in [1.29, 1.82) is 0 Å². The summed E-state index contributed by atoms with van der Waals surface area (Å²) in [6.45, 7) is 1.94. The van der Waals surface area contributed by atoms with Crippen LogP contribution in [0.1, 0.15) is 5.69 Å². The lowest BCUT2D eigenvalue weighted by atomic mass is 10.3. The van der Waals surface area contributed by atoms with Crippen LogP contribution < -0.4 is 10.1 Å². The lowest BCUT2D eigenvalue weighted by Gasteiger charge is -2.06. The topological polar surface area (TPSA) is 34.1 Å². The number of nitrogens with one attached hydrogen (secondary N) is 1. The Balaban J connectivity index is 2.14. The largest absolute Gasteiger partial charge is 0.457 e. The van der Waals surface area contributed by atoms with Crippen LogP contribution in [0.2, 0.25) is 0 Å². The van der Waals surface area contributed by atoms with Gasteiger partial charge in [0, 0.05) is 30.7 Å².